The maximum absolute atomic E-state index is 2.27. The van der Waals surface area contributed by atoms with E-state index in [0.717, 1.165) is 0 Å². The van der Waals surface area contributed by atoms with Gasteiger partial charge in [0.1, 0.15) is 0 Å². The molecule has 0 amide bonds. The zero-order chi connectivity index (χ0) is 8.49. The molecule has 0 spiro atoms. The quantitative estimate of drug-likeness (QED) is 0.506. The summed E-state index contributed by atoms with van der Waals surface area (Å²) in [6.45, 7) is 0. The van der Waals surface area contributed by atoms with Crippen LogP contribution in [0.1, 0.15) is 25.7 Å². The Morgan fingerprint density at radius 2 is 0.833 bits per heavy atom. The Morgan fingerprint density at radius 1 is 0.500 bits per heavy atom. The predicted molar refractivity (Wildman–Crippen MR) is 54.1 cm³/mol. The highest BCUT2D eigenvalue weighted by molar-refractivity contribution is 4.99. The molecule has 64 valence electrons. The molecule has 1 aliphatic carbocycles. The first-order chi connectivity index (χ1) is 6.00. The highest BCUT2D eigenvalue weighted by Crippen LogP contribution is 2.07. The molecule has 1 aromatic carbocycles. The second kappa shape index (κ2) is 6.66. The van der Waals surface area contributed by atoms with Crippen LogP contribution in [0.15, 0.2) is 48.6 Å². The SMILES string of the molecule is C1=CCCCC1.c1ccccc1. The van der Waals surface area contributed by atoms with Gasteiger partial charge in [-0.05, 0) is 25.7 Å². The smallest absolute Gasteiger partial charge is 0.0351 e. The standard InChI is InChI=1S/C6H10.C6H6/c2*1-2-4-6-5-3-1/h1-2H,3-6H2;1-6H. The van der Waals surface area contributed by atoms with Crippen molar-refractivity contribution in [2.75, 3.05) is 0 Å². The fourth-order valence-electron chi connectivity index (χ4n) is 1.14. The van der Waals surface area contributed by atoms with E-state index in [1.54, 1.807) is 0 Å². The fraction of sp³-hybridized carbons (Fsp3) is 0.333. The molecule has 0 aromatic heterocycles. The molecule has 0 atom stereocenters. The van der Waals surface area contributed by atoms with E-state index in [2.05, 4.69) is 12.2 Å². The lowest BCUT2D eigenvalue weighted by Gasteiger charge is -1.97. The van der Waals surface area contributed by atoms with Crippen molar-refractivity contribution in [1.82, 2.24) is 0 Å². The number of benzene rings is 1. The summed E-state index contributed by atoms with van der Waals surface area (Å²) in [5.74, 6) is 0. The van der Waals surface area contributed by atoms with Crippen LogP contribution in [0.5, 0.6) is 0 Å². The van der Waals surface area contributed by atoms with E-state index in [1.807, 2.05) is 36.4 Å². The molecule has 0 saturated heterocycles. The van der Waals surface area contributed by atoms with Gasteiger partial charge in [-0.25, -0.2) is 0 Å². The van der Waals surface area contributed by atoms with Crippen molar-refractivity contribution >= 4 is 0 Å². The Labute approximate surface area is 74.9 Å². The second-order valence-corrected chi connectivity index (χ2v) is 2.91. The summed E-state index contributed by atoms with van der Waals surface area (Å²) in [5.41, 5.74) is 0. The highest BCUT2D eigenvalue weighted by Gasteiger charge is 1.87. The first kappa shape index (κ1) is 9.05. The zero-order valence-electron chi connectivity index (χ0n) is 7.45. The average molecular weight is 160 g/mol. The molecular weight excluding hydrogens is 144 g/mol. The van der Waals surface area contributed by atoms with E-state index in [4.69, 9.17) is 0 Å². The fourth-order valence-corrected chi connectivity index (χ4v) is 1.14. The average Bonchev–Trinajstić information content (AvgIpc) is 2.24. The van der Waals surface area contributed by atoms with E-state index >= 15 is 0 Å². The van der Waals surface area contributed by atoms with Crippen LogP contribution in [-0.2, 0) is 0 Å². The van der Waals surface area contributed by atoms with Crippen molar-refractivity contribution in [3.63, 3.8) is 0 Å². The molecule has 0 nitrogen and oxygen atoms in total. The van der Waals surface area contributed by atoms with Gasteiger partial charge in [0.15, 0.2) is 0 Å². The van der Waals surface area contributed by atoms with Crippen molar-refractivity contribution in [2.24, 2.45) is 0 Å². The van der Waals surface area contributed by atoms with Gasteiger partial charge in [-0.1, -0.05) is 48.6 Å². The lowest BCUT2D eigenvalue weighted by Crippen LogP contribution is -1.77. The molecule has 0 N–H and O–H groups in total. The van der Waals surface area contributed by atoms with Crippen LogP contribution in [0.25, 0.3) is 0 Å². The third kappa shape index (κ3) is 4.73. The predicted octanol–water partition coefficient (Wildman–Crippen LogP) is 3.80. The second-order valence-electron chi connectivity index (χ2n) is 2.91. The Morgan fingerprint density at radius 3 is 1.00 bits per heavy atom. The largest absolute Gasteiger partial charge is 0.0885 e. The van der Waals surface area contributed by atoms with Crippen LogP contribution in [0, 0.1) is 0 Å². The maximum atomic E-state index is 2.27. The summed E-state index contributed by atoms with van der Waals surface area (Å²) in [7, 11) is 0. The van der Waals surface area contributed by atoms with Gasteiger partial charge in [0.25, 0.3) is 0 Å². The number of rotatable bonds is 0. The highest BCUT2D eigenvalue weighted by atomic mass is 13.9. The number of hydrogen-bond acceptors (Lipinski definition) is 0. The molecule has 0 unspecified atom stereocenters. The van der Waals surface area contributed by atoms with Crippen LogP contribution in [0.3, 0.4) is 0 Å². The monoisotopic (exact) mass is 160 g/mol. The summed E-state index contributed by atoms with van der Waals surface area (Å²) >= 11 is 0. The van der Waals surface area contributed by atoms with E-state index in [1.165, 1.54) is 25.7 Å². The van der Waals surface area contributed by atoms with E-state index in [9.17, 15) is 0 Å². The van der Waals surface area contributed by atoms with Crippen LogP contribution < -0.4 is 0 Å². The Hall–Kier alpha value is -1.04. The minimum Gasteiger partial charge on any atom is -0.0885 e. The summed E-state index contributed by atoms with van der Waals surface area (Å²) < 4.78 is 0. The summed E-state index contributed by atoms with van der Waals surface area (Å²) in [6.07, 6.45) is 10.0. The molecule has 2 rings (SSSR count). The van der Waals surface area contributed by atoms with E-state index in [-0.39, 0.29) is 0 Å². The van der Waals surface area contributed by atoms with Crippen LogP contribution in [-0.4, -0.2) is 0 Å². The molecule has 0 radical (unpaired) electrons. The molecule has 0 saturated carbocycles. The number of hydrogen-bond donors (Lipinski definition) is 0. The molecule has 0 bridgehead atoms. The van der Waals surface area contributed by atoms with Crippen LogP contribution in [0.2, 0.25) is 0 Å². The summed E-state index contributed by atoms with van der Waals surface area (Å²) in [5, 5.41) is 0. The lowest BCUT2D eigenvalue weighted by molar-refractivity contribution is 0.730. The molecule has 0 aliphatic heterocycles. The van der Waals surface area contributed by atoms with Crippen molar-refractivity contribution in [1.29, 1.82) is 0 Å². The van der Waals surface area contributed by atoms with Crippen molar-refractivity contribution in [3.05, 3.63) is 48.6 Å². The van der Waals surface area contributed by atoms with E-state index in [0.29, 0.717) is 0 Å². The van der Waals surface area contributed by atoms with Gasteiger partial charge in [0.2, 0.25) is 0 Å². The first-order valence-electron chi connectivity index (χ1n) is 4.65. The molecule has 0 heteroatoms. The minimum atomic E-state index is 1.32. The van der Waals surface area contributed by atoms with Crippen molar-refractivity contribution < 1.29 is 0 Å². The van der Waals surface area contributed by atoms with Gasteiger partial charge in [-0.3, -0.25) is 0 Å². The first-order valence-corrected chi connectivity index (χ1v) is 4.65. The molecule has 12 heavy (non-hydrogen) atoms. The topological polar surface area (TPSA) is 0 Å². The zero-order valence-corrected chi connectivity index (χ0v) is 7.45. The summed E-state index contributed by atoms with van der Waals surface area (Å²) in [6, 6.07) is 12.0. The van der Waals surface area contributed by atoms with E-state index < -0.39 is 0 Å². The molecule has 0 heterocycles. The summed E-state index contributed by atoms with van der Waals surface area (Å²) in [4.78, 5) is 0. The lowest BCUT2D eigenvalue weighted by atomic mass is 10.1. The number of allylic oxidation sites excluding steroid dienone is 2. The molecule has 1 aliphatic rings. The van der Waals surface area contributed by atoms with Gasteiger partial charge < -0.3 is 0 Å². The molecule has 1 aromatic rings. The molecular formula is C12H16. The maximum Gasteiger partial charge on any atom is -0.0351 e. The van der Waals surface area contributed by atoms with Gasteiger partial charge in [0.05, 0.1) is 0 Å². The van der Waals surface area contributed by atoms with Crippen molar-refractivity contribution in [2.45, 2.75) is 25.7 Å². The van der Waals surface area contributed by atoms with Gasteiger partial charge in [-0.15, -0.1) is 0 Å². The minimum absolute atomic E-state index is 1.32. The Kier molecular flexibility index (Phi) is 5.02. The van der Waals surface area contributed by atoms with Gasteiger partial charge in [0, 0.05) is 0 Å². The third-order valence-corrected chi connectivity index (χ3v) is 1.82. The van der Waals surface area contributed by atoms with Crippen LogP contribution in [0.4, 0.5) is 0 Å². The van der Waals surface area contributed by atoms with Crippen LogP contribution >= 0.6 is 0 Å². The Balaban J connectivity index is 0.000000120. The van der Waals surface area contributed by atoms with Gasteiger partial charge >= 0.3 is 0 Å². The normalized spacial score (nSPS) is 14.7. The third-order valence-electron chi connectivity index (χ3n) is 1.82. The molecule has 0 fully saturated rings. The Bertz CT molecular complexity index is 164. The van der Waals surface area contributed by atoms with Crippen molar-refractivity contribution in [3.8, 4) is 0 Å². The van der Waals surface area contributed by atoms with Gasteiger partial charge in [-0.2, -0.15) is 0 Å².